The summed E-state index contributed by atoms with van der Waals surface area (Å²) in [6, 6.07) is 11.9. The van der Waals surface area contributed by atoms with E-state index in [1.54, 1.807) is 6.07 Å². The largest absolute Gasteiger partial charge is 0.478 e. The molecule has 0 saturated heterocycles. The Morgan fingerprint density at radius 2 is 1.93 bits per heavy atom. The van der Waals surface area contributed by atoms with Gasteiger partial charge in [0.2, 0.25) is 0 Å². The molecule has 0 aliphatic rings. The topological polar surface area (TPSA) is 83.7 Å². The van der Waals surface area contributed by atoms with Crippen LogP contribution in [0.2, 0.25) is 5.02 Å². The van der Waals surface area contributed by atoms with Crippen molar-refractivity contribution in [2.24, 2.45) is 5.10 Å². The van der Waals surface area contributed by atoms with E-state index < -0.39 is 17.7 Å². The highest BCUT2D eigenvalue weighted by Gasteiger charge is 2.14. The molecule has 2 N–H and O–H groups in total. The van der Waals surface area contributed by atoms with Crippen LogP contribution in [0.15, 0.2) is 53.6 Å². The van der Waals surface area contributed by atoms with Crippen LogP contribution >= 0.6 is 11.6 Å². The molecule has 0 saturated carbocycles. The molecule has 0 aliphatic heterocycles. The molecule has 0 bridgehead atoms. The van der Waals surface area contributed by atoms with Gasteiger partial charge >= 0.3 is 5.97 Å². The predicted molar refractivity (Wildman–Crippen MR) is 109 cm³/mol. The van der Waals surface area contributed by atoms with Crippen LogP contribution in [-0.2, 0) is 0 Å². The molecule has 1 heterocycles. The van der Waals surface area contributed by atoms with Gasteiger partial charge in [-0.05, 0) is 56.3 Å². The number of halogens is 2. The van der Waals surface area contributed by atoms with Crippen molar-refractivity contribution in [2.45, 2.75) is 13.8 Å². The fourth-order valence-corrected chi connectivity index (χ4v) is 3.18. The molecule has 0 unspecified atom stereocenters. The second-order valence-corrected chi connectivity index (χ2v) is 6.75. The summed E-state index contributed by atoms with van der Waals surface area (Å²) in [7, 11) is 0. The number of benzene rings is 2. The van der Waals surface area contributed by atoms with Crippen LogP contribution in [0.4, 0.5) is 4.39 Å². The zero-order chi connectivity index (χ0) is 21.1. The summed E-state index contributed by atoms with van der Waals surface area (Å²) >= 11 is 5.95. The number of aromatic carboxylic acids is 1. The number of carbonyl (C=O) groups is 2. The average Bonchev–Trinajstić information content (AvgIpc) is 2.95. The van der Waals surface area contributed by atoms with Gasteiger partial charge in [-0.25, -0.2) is 14.6 Å². The number of carboxylic acids is 1. The number of hydrazone groups is 1. The molecule has 3 aromatic rings. The molecule has 0 spiro atoms. The van der Waals surface area contributed by atoms with E-state index in [0.717, 1.165) is 23.0 Å². The molecule has 0 atom stereocenters. The van der Waals surface area contributed by atoms with E-state index in [9.17, 15) is 19.1 Å². The second kappa shape index (κ2) is 8.28. The monoisotopic (exact) mass is 413 g/mol. The molecular formula is C21H17ClFN3O3. The number of amides is 1. The summed E-state index contributed by atoms with van der Waals surface area (Å²) in [5, 5.41) is 13.4. The van der Waals surface area contributed by atoms with E-state index in [-0.39, 0.29) is 16.1 Å². The summed E-state index contributed by atoms with van der Waals surface area (Å²) in [6.07, 6.45) is 1.48. The predicted octanol–water partition coefficient (Wildman–Crippen LogP) is 4.35. The van der Waals surface area contributed by atoms with Crippen LogP contribution in [-0.4, -0.2) is 27.8 Å². The van der Waals surface area contributed by atoms with Crippen LogP contribution in [0, 0.1) is 19.7 Å². The van der Waals surface area contributed by atoms with Crippen molar-refractivity contribution in [1.29, 1.82) is 0 Å². The van der Waals surface area contributed by atoms with Crippen LogP contribution in [0.3, 0.4) is 0 Å². The van der Waals surface area contributed by atoms with E-state index in [4.69, 9.17) is 11.6 Å². The van der Waals surface area contributed by atoms with Gasteiger partial charge < -0.3 is 9.67 Å². The van der Waals surface area contributed by atoms with Crippen LogP contribution in [0.5, 0.6) is 0 Å². The van der Waals surface area contributed by atoms with Gasteiger partial charge in [0.15, 0.2) is 0 Å². The van der Waals surface area contributed by atoms with Crippen molar-refractivity contribution < 1.29 is 19.1 Å². The van der Waals surface area contributed by atoms with E-state index in [0.29, 0.717) is 5.69 Å². The molecule has 148 valence electrons. The highest BCUT2D eigenvalue weighted by molar-refractivity contribution is 6.33. The quantitative estimate of drug-likeness (QED) is 0.482. The number of aryl methyl sites for hydroxylation is 1. The lowest BCUT2D eigenvalue weighted by Crippen LogP contribution is -2.17. The molecule has 3 rings (SSSR count). The third kappa shape index (κ3) is 4.35. The molecule has 6 nitrogen and oxygen atoms in total. The summed E-state index contributed by atoms with van der Waals surface area (Å²) in [5.74, 6) is -2.15. The first-order valence-corrected chi connectivity index (χ1v) is 8.97. The molecule has 0 fully saturated rings. The average molecular weight is 414 g/mol. The standard InChI is InChI=1S/C21H17ClFN3O3/c1-12-8-15(11-24-25-20(27)14-4-3-5-16(23)9-14)13(2)26(12)17-6-7-19(22)18(10-17)21(28)29/h3-11H,1-2H3,(H,25,27)(H,28,29)/b24-11-. The van der Waals surface area contributed by atoms with E-state index in [1.807, 2.05) is 24.5 Å². The Balaban J connectivity index is 1.84. The molecule has 29 heavy (non-hydrogen) atoms. The van der Waals surface area contributed by atoms with Crippen molar-refractivity contribution in [2.75, 3.05) is 0 Å². The molecule has 2 aromatic carbocycles. The third-order valence-electron chi connectivity index (χ3n) is 4.37. The van der Waals surface area contributed by atoms with Crippen molar-refractivity contribution >= 4 is 29.7 Å². The number of nitrogens with one attached hydrogen (secondary N) is 1. The Morgan fingerprint density at radius 3 is 2.62 bits per heavy atom. The van der Waals surface area contributed by atoms with E-state index >= 15 is 0 Å². The molecule has 1 amide bonds. The summed E-state index contributed by atoms with van der Waals surface area (Å²) in [6.45, 7) is 3.71. The zero-order valence-corrected chi connectivity index (χ0v) is 16.4. The van der Waals surface area contributed by atoms with Crippen molar-refractivity contribution in [3.05, 3.63) is 87.4 Å². The van der Waals surface area contributed by atoms with Crippen LogP contribution in [0.25, 0.3) is 5.69 Å². The maximum Gasteiger partial charge on any atom is 0.337 e. The molecule has 8 heteroatoms. The highest BCUT2D eigenvalue weighted by atomic mass is 35.5. The summed E-state index contributed by atoms with van der Waals surface area (Å²) in [4.78, 5) is 23.4. The number of carbonyl (C=O) groups excluding carboxylic acids is 1. The fourth-order valence-electron chi connectivity index (χ4n) is 2.99. The lowest BCUT2D eigenvalue weighted by atomic mass is 10.2. The summed E-state index contributed by atoms with van der Waals surface area (Å²) < 4.78 is 15.1. The second-order valence-electron chi connectivity index (χ2n) is 6.34. The lowest BCUT2D eigenvalue weighted by Gasteiger charge is -2.11. The van der Waals surface area contributed by atoms with Crippen molar-refractivity contribution in [3.63, 3.8) is 0 Å². The van der Waals surface area contributed by atoms with Gasteiger partial charge in [0.25, 0.3) is 5.91 Å². The molecule has 0 radical (unpaired) electrons. The molecule has 1 aromatic heterocycles. The zero-order valence-electron chi connectivity index (χ0n) is 15.6. The molecule has 0 aliphatic carbocycles. The van der Waals surface area contributed by atoms with Crippen molar-refractivity contribution in [1.82, 2.24) is 9.99 Å². The first-order chi connectivity index (χ1) is 13.8. The Labute approximate surface area is 171 Å². The molecular weight excluding hydrogens is 397 g/mol. The van der Waals surface area contributed by atoms with Gasteiger partial charge in [0.1, 0.15) is 5.82 Å². The third-order valence-corrected chi connectivity index (χ3v) is 4.69. The van der Waals surface area contributed by atoms with Crippen LogP contribution < -0.4 is 5.43 Å². The van der Waals surface area contributed by atoms with Gasteiger partial charge in [0.05, 0.1) is 16.8 Å². The first kappa shape index (κ1) is 20.3. The minimum atomic E-state index is -1.11. The minimum Gasteiger partial charge on any atom is -0.478 e. The number of hydrogen-bond donors (Lipinski definition) is 2. The van der Waals surface area contributed by atoms with E-state index in [1.165, 1.54) is 36.5 Å². The number of hydrogen-bond acceptors (Lipinski definition) is 3. The first-order valence-electron chi connectivity index (χ1n) is 8.59. The Bertz CT molecular complexity index is 1140. The minimum absolute atomic E-state index is 0.00856. The number of nitrogens with zero attached hydrogens (tertiary/aromatic N) is 2. The summed E-state index contributed by atoms with van der Waals surface area (Å²) in [5.41, 5.74) is 5.55. The number of aromatic nitrogens is 1. The van der Waals surface area contributed by atoms with Gasteiger partial charge in [0, 0.05) is 28.2 Å². The SMILES string of the molecule is Cc1cc(/C=N\NC(=O)c2cccc(F)c2)c(C)n1-c1ccc(Cl)c(C(=O)O)c1. The Hall–Kier alpha value is -3.45. The van der Waals surface area contributed by atoms with Crippen molar-refractivity contribution in [3.8, 4) is 5.69 Å². The van der Waals surface area contributed by atoms with Gasteiger partial charge in [-0.1, -0.05) is 17.7 Å². The fraction of sp³-hybridized carbons (Fsp3) is 0.0952. The lowest BCUT2D eigenvalue weighted by molar-refractivity contribution is 0.0696. The van der Waals surface area contributed by atoms with Gasteiger partial charge in [-0.3, -0.25) is 4.79 Å². The smallest absolute Gasteiger partial charge is 0.337 e. The Kier molecular flexibility index (Phi) is 5.79. The highest BCUT2D eigenvalue weighted by Crippen LogP contribution is 2.24. The Morgan fingerprint density at radius 1 is 1.17 bits per heavy atom. The van der Waals surface area contributed by atoms with Gasteiger partial charge in [-0.2, -0.15) is 5.10 Å². The maximum atomic E-state index is 13.2. The van der Waals surface area contributed by atoms with E-state index in [2.05, 4.69) is 10.5 Å². The normalized spacial score (nSPS) is 11.0. The van der Waals surface area contributed by atoms with Crippen LogP contribution in [0.1, 0.15) is 37.7 Å². The maximum absolute atomic E-state index is 13.2. The number of rotatable bonds is 5. The van der Waals surface area contributed by atoms with Gasteiger partial charge in [-0.15, -0.1) is 0 Å². The number of carboxylic acid groups (broad SMARTS) is 1.